The topological polar surface area (TPSA) is 93.1 Å². The van der Waals surface area contributed by atoms with Gasteiger partial charge in [0.15, 0.2) is 11.1 Å². The van der Waals surface area contributed by atoms with Gasteiger partial charge in [0, 0.05) is 23.1 Å². The van der Waals surface area contributed by atoms with Gasteiger partial charge < -0.3 is 5.32 Å². The highest BCUT2D eigenvalue weighted by atomic mass is 32.2. The fourth-order valence-electron chi connectivity index (χ4n) is 3.92. The monoisotopic (exact) mass is 482 g/mol. The average Bonchev–Trinajstić information content (AvgIpc) is 2.85. The maximum atomic E-state index is 13.4. The molecule has 0 amide bonds. The SMILES string of the molecule is Cc1cc(NS(=O)(=O)c2ccccc2)c2c(=O)cc(Nc3ccccc3)n(-c3ccccc3)c2n1. The smallest absolute Gasteiger partial charge is 0.261 e. The predicted molar refractivity (Wildman–Crippen MR) is 139 cm³/mol. The first kappa shape index (κ1) is 22.4. The van der Waals surface area contributed by atoms with Gasteiger partial charge in [-0.2, -0.15) is 0 Å². The lowest BCUT2D eigenvalue weighted by Gasteiger charge is -2.19. The first-order valence-electron chi connectivity index (χ1n) is 11.0. The first-order chi connectivity index (χ1) is 16.9. The number of nitrogens with one attached hydrogen (secondary N) is 2. The molecule has 0 atom stereocenters. The number of pyridine rings is 2. The Morgan fingerprint density at radius 2 is 1.40 bits per heavy atom. The van der Waals surface area contributed by atoms with Gasteiger partial charge in [0.1, 0.15) is 5.82 Å². The first-order valence-corrected chi connectivity index (χ1v) is 12.4. The fourth-order valence-corrected chi connectivity index (χ4v) is 5.00. The van der Waals surface area contributed by atoms with Crippen LogP contribution in [0.15, 0.2) is 113 Å². The second-order valence-corrected chi connectivity index (χ2v) is 9.67. The summed E-state index contributed by atoms with van der Waals surface area (Å²) in [6.45, 7) is 1.76. The zero-order valence-electron chi connectivity index (χ0n) is 18.8. The van der Waals surface area contributed by atoms with Crippen molar-refractivity contribution in [2.45, 2.75) is 11.8 Å². The fraction of sp³-hybridized carbons (Fsp3) is 0.0370. The summed E-state index contributed by atoms with van der Waals surface area (Å²) in [5.74, 6) is 0.509. The van der Waals surface area contributed by atoms with E-state index in [0.717, 1.165) is 11.4 Å². The molecule has 0 saturated heterocycles. The molecule has 3 aromatic carbocycles. The number of nitrogens with zero attached hydrogens (tertiary/aromatic N) is 2. The Morgan fingerprint density at radius 3 is 2.06 bits per heavy atom. The summed E-state index contributed by atoms with van der Waals surface area (Å²) in [5.41, 5.74) is 2.29. The third kappa shape index (κ3) is 4.51. The average molecular weight is 483 g/mol. The van der Waals surface area contributed by atoms with Crippen molar-refractivity contribution in [3.63, 3.8) is 0 Å². The van der Waals surface area contributed by atoms with E-state index < -0.39 is 10.0 Å². The second-order valence-electron chi connectivity index (χ2n) is 7.98. The van der Waals surface area contributed by atoms with Crippen molar-refractivity contribution in [2.24, 2.45) is 0 Å². The molecular formula is C27H22N4O3S. The van der Waals surface area contributed by atoms with E-state index in [1.54, 1.807) is 31.2 Å². The number of fused-ring (bicyclic) bond motifs is 1. The lowest BCUT2D eigenvalue weighted by atomic mass is 10.2. The second kappa shape index (κ2) is 9.08. The Bertz CT molecular complexity index is 1670. The van der Waals surface area contributed by atoms with Gasteiger partial charge in [-0.25, -0.2) is 13.4 Å². The standard InChI is InChI=1S/C27H22N4O3S/c1-19-17-23(30-35(33,34)22-15-9-4-10-16-22)26-24(32)18-25(29-20-11-5-2-6-12-20)31(27(26)28-19)21-13-7-3-8-14-21/h2-18,29H,1H3,(H,28,30). The van der Waals surface area contributed by atoms with Crippen molar-refractivity contribution in [1.82, 2.24) is 9.55 Å². The molecule has 2 aromatic heterocycles. The van der Waals surface area contributed by atoms with Gasteiger partial charge in [-0.15, -0.1) is 0 Å². The lowest BCUT2D eigenvalue weighted by molar-refractivity contribution is 0.601. The van der Waals surface area contributed by atoms with Crippen LogP contribution in [0.1, 0.15) is 5.69 Å². The largest absolute Gasteiger partial charge is 0.341 e. The number of benzene rings is 3. The van der Waals surface area contributed by atoms with Crippen LogP contribution in [0, 0.1) is 6.92 Å². The molecule has 0 saturated carbocycles. The number of anilines is 3. The Morgan fingerprint density at radius 1 is 0.800 bits per heavy atom. The van der Waals surface area contributed by atoms with Crippen LogP contribution in [-0.4, -0.2) is 18.0 Å². The lowest BCUT2D eigenvalue weighted by Crippen LogP contribution is -2.18. The summed E-state index contributed by atoms with van der Waals surface area (Å²) in [5, 5.41) is 3.48. The van der Waals surface area contributed by atoms with E-state index >= 15 is 0 Å². The molecule has 0 fully saturated rings. The Labute approximate surface area is 202 Å². The molecule has 35 heavy (non-hydrogen) atoms. The maximum absolute atomic E-state index is 13.4. The molecule has 0 aliphatic carbocycles. The molecule has 0 bridgehead atoms. The van der Waals surface area contributed by atoms with Gasteiger partial charge in [-0.1, -0.05) is 54.6 Å². The van der Waals surface area contributed by atoms with E-state index in [9.17, 15) is 13.2 Å². The molecule has 0 unspecified atom stereocenters. The van der Waals surface area contributed by atoms with E-state index in [4.69, 9.17) is 0 Å². The molecule has 7 nitrogen and oxygen atoms in total. The van der Waals surface area contributed by atoms with Crippen molar-refractivity contribution in [3.8, 4) is 5.69 Å². The van der Waals surface area contributed by atoms with Gasteiger partial charge in [-0.3, -0.25) is 14.1 Å². The normalized spacial score (nSPS) is 11.3. The predicted octanol–water partition coefficient (Wildman–Crippen LogP) is 5.24. The summed E-state index contributed by atoms with van der Waals surface area (Å²) < 4.78 is 30.6. The van der Waals surface area contributed by atoms with E-state index in [2.05, 4.69) is 15.0 Å². The summed E-state index contributed by atoms with van der Waals surface area (Å²) in [7, 11) is -3.92. The Hall–Kier alpha value is -4.43. The molecule has 174 valence electrons. The van der Waals surface area contributed by atoms with Crippen LogP contribution in [0.4, 0.5) is 17.2 Å². The van der Waals surface area contributed by atoms with E-state index in [0.29, 0.717) is 17.2 Å². The summed E-state index contributed by atoms with van der Waals surface area (Å²) >= 11 is 0. The molecular weight excluding hydrogens is 460 g/mol. The van der Waals surface area contributed by atoms with Crippen LogP contribution in [-0.2, 0) is 10.0 Å². The number of sulfonamides is 1. The highest BCUT2D eigenvalue weighted by molar-refractivity contribution is 7.92. The molecule has 0 spiro atoms. The summed E-state index contributed by atoms with van der Waals surface area (Å²) in [6, 6.07) is 30.0. The minimum absolute atomic E-state index is 0.105. The quantitative estimate of drug-likeness (QED) is 0.345. The minimum Gasteiger partial charge on any atom is -0.341 e. The molecule has 0 radical (unpaired) electrons. The van der Waals surface area contributed by atoms with Gasteiger partial charge in [0.2, 0.25) is 0 Å². The van der Waals surface area contributed by atoms with Crippen LogP contribution in [0.25, 0.3) is 16.7 Å². The third-order valence-electron chi connectivity index (χ3n) is 5.45. The molecule has 5 aromatic rings. The van der Waals surface area contributed by atoms with Crippen molar-refractivity contribution in [3.05, 3.63) is 119 Å². The Kier molecular flexibility index (Phi) is 5.80. The minimum atomic E-state index is -3.92. The molecule has 5 rings (SSSR count). The molecule has 8 heteroatoms. The number of hydrogen-bond acceptors (Lipinski definition) is 5. The highest BCUT2D eigenvalue weighted by Crippen LogP contribution is 2.29. The third-order valence-corrected chi connectivity index (χ3v) is 6.84. The molecule has 0 aliphatic heterocycles. The van der Waals surface area contributed by atoms with Crippen molar-refractivity contribution >= 4 is 38.2 Å². The van der Waals surface area contributed by atoms with Gasteiger partial charge >= 0.3 is 0 Å². The van der Waals surface area contributed by atoms with Gasteiger partial charge in [0.05, 0.1) is 16.0 Å². The van der Waals surface area contributed by atoms with Crippen molar-refractivity contribution < 1.29 is 8.42 Å². The number of rotatable bonds is 6. The molecule has 2 heterocycles. The van der Waals surface area contributed by atoms with Crippen LogP contribution in [0.5, 0.6) is 0 Å². The molecule has 0 aliphatic rings. The van der Waals surface area contributed by atoms with E-state index in [1.807, 2.05) is 65.2 Å². The van der Waals surface area contributed by atoms with Crippen LogP contribution in [0.3, 0.4) is 0 Å². The Balaban J connectivity index is 1.76. The summed E-state index contributed by atoms with van der Waals surface area (Å²) in [6.07, 6.45) is 0. The maximum Gasteiger partial charge on any atom is 0.261 e. The van der Waals surface area contributed by atoms with Crippen molar-refractivity contribution in [2.75, 3.05) is 10.0 Å². The van der Waals surface area contributed by atoms with Crippen LogP contribution >= 0.6 is 0 Å². The zero-order valence-corrected chi connectivity index (χ0v) is 19.7. The summed E-state index contributed by atoms with van der Waals surface area (Å²) in [4.78, 5) is 18.2. The number of aryl methyl sites for hydroxylation is 1. The highest BCUT2D eigenvalue weighted by Gasteiger charge is 2.20. The number of hydrogen-bond donors (Lipinski definition) is 2. The van der Waals surface area contributed by atoms with Crippen LogP contribution in [0.2, 0.25) is 0 Å². The zero-order chi connectivity index (χ0) is 24.4. The van der Waals surface area contributed by atoms with Gasteiger partial charge in [-0.05, 0) is 49.4 Å². The van der Waals surface area contributed by atoms with Crippen molar-refractivity contribution in [1.29, 1.82) is 0 Å². The van der Waals surface area contributed by atoms with Gasteiger partial charge in [0.25, 0.3) is 10.0 Å². The van der Waals surface area contributed by atoms with Crippen LogP contribution < -0.4 is 15.5 Å². The van der Waals surface area contributed by atoms with E-state index in [-0.39, 0.29) is 21.4 Å². The van der Waals surface area contributed by atoms with E-state index in [1.165, 1.54) is 18.2 Å². The number of aromatic nitrogens is 2. The number of para-hydroxylation sites is 2. The molecule has 2 N–H and O–H groups in total.